The van der Waals surface area contributed by atoms with E-state index < -0.39 is 74.6 Å². The molecule has 2 aliphatic rings. The molecule has 0 unspecified atom stereocenters. The molecule has 12 nitrogen and oxygen atoms in total. The lowest BCUT2D eigenvalue weighted by Crippen LogP contribution is -2.61. The second-order valence-corrected chi connectivity index (χ2v) is 7.93. The molecule has 2 aliphatic heterocycles. The molecule has 3 rings (SSSR count). The van der Waals surface area contributed by atoms with Crippen molar-refractivity contribution in [3.05, 3.63) is 29.8 Å². The predicted molar refractivity (Wildman–Crippen MR) is 109 cm³/mol. The molecule has 0 radical (unpaired) electrons. The third kappa shape index (κ3) is 6.18. The van der Waals surface area contributed by atoms with Crippen LogP contribution >= 0.6 is 0 Å². The number of rotatable bonds is 9. The fraction of sp³-hybridized carbons (Fsp3) is 0.714. The van der Waals surface area contributed by atoms with Gasteiger partial charge in [0.05, 0.1) is 26.4 Å². The lowest BCUT2D eigenvalue weighted by molar-refractivity contribution is -0.332. The molecular weight excluding hydrogens is 444 g/mol. The van der Waals surface area contributed by atoms with E-state index in [0.29, 0.717) is 12.4 Å². The van der Waals surface area contributed by atoms with E-state index in [9.17, 15) is 35.7 Å². The van der Waals surface area contributed by atoms with Gasteiger partial charge in [-0.15, -0.1) is 0 Å². The Morgan fingerprint density at radius 2 is 1.27 bits per heavy atom. The van der Waals surface area contributed by atoms with Gasteiger partial charge in [-0.1, -0.05) is 12.1 Å². The van der Waals surface area contributed by atoms with Crippen molar-refractivity contribution in [1.29, 1.82) is 0 Å². The van der Waals surface area contributed by atoms with Gasteiger partial charge in [0, 0.05) is 0 Å². The number of hydrogen-bond donors (Lipinski definition) is 7. The van der Waals surface area contributed by atoms with Crippen LogP contribution in [0.4, 0.5) is 0 Å². The van der Waals surface area contributed by atoms with Gasteiger partial charge in [0.2, 0.25) is 0 Å². The Morgan fingerprint density at radius 3 is 1.85 bits per heavy atom. The number of aliphatic hydroxyl groups excluding tert-OH is 7. The highest BCUT2D eigenvalue weighted by Crippen LogP contribution is 2.26. The highest BCUT2D eigenvalue weighted by Gasteiger charge is 2.47. The summed E-state index contributed by atoms with van der Waals surface area (Å²) in [6.45, 7) is 1.40. The van der Waals surface area contributed by atoms with Gasteiger partial charge in [-0.05, 0) is 24.6 Å². The smallest absolute Gasteiger partial charge is 0.187 e. The Balaban J connectivity index is 1.57. The summed E-state index contributed by atoms with van der Waals surface area (Å²) in [5.74, 6) is 0.694. The van der Waals surface area contributed by atoms with Gasteiger partial charge in [0.15, 0.2) is 12.6 Å². The molecule has 0 aromatic heterocycles. The third-order valence-electron chi connectivity index (χ3n) is 5.59. The summed E-state index contributed by atoms with van der Waals surface area (Å²) in [6, 6.07) is 7.06. The average molecular weight is 476 g/mol. The van der Waals surface area contributed by atoms with E-state index in [-0.39, 0.29) is 6.61 Å². The van der Waals surface area contributed by atoms with E-state index >= 15 is 0 Å². The molecule has 2 saturated heterocycles. The van der Waals surface area contributed by atoms with Gasteiger partial charge in [-0.3, -0.25) is 0 Å². The second-order valence-electron chi connectivity index (χ2n) is 7.93. The molecule has 33 heavy (non-hydrogen) atoms. The predicted octanol–water partition coefficient (Wildman–Crippen LogP) is -2.77. The maximum absolute atomic E-state index is 10.3. The van der Waals surface area contributed by atoms with E-state index in [1.165, 1.54) is 0 Å². The molecule has 12 heteroatoms. The summed E-state index contributed by atoms with van der Waals surface area (Å²) in [5, 5.41) is 69.7. The van der Waals surface area contributed by atoms with Crippen LogP contribution < -0.4 is 4.74 Å². The zero-order valence-electron chi connectivity index (χ0n) is 18.1. The first-order chi connectivity index (χ1) is 15.8. The number of aliphatic hydroxyl groups is 7. The molecular formula is C21H32O12. The Bertz CT molecular complexity index is 716. The van der Waals surface area contributed by atoms with Crippen LogP contribution in [0.3, 0.4) is 0 Å². The van der Waals surface area contributed by atoms with E-state index in [0.717, 1.165) is 5.56 Å². The van der Waals surface area contributed by atoms with Crippen LogP contribution in [0.2, 0.25) is 0 Å². The van der Waals surface area contributed by atoms with Crippen molar-refractivity contribution >= 4 is 0 Å². The molecule has 0 saturated carbocycles. The molecule has 0 spiro atoms. The van der Waals surface area contributed by atoms with Gasteiger partial charge in [-0.2, -0.15) is 0 Å². The summed E-state index contributed by atoms with van der Waals surface area (Å²) < 4.78 is 27.1. The molecule has 188 valence electrons. The third-order valence-corrected chi connectivity index (χ3v) is 5.59. The average Bonchev–Trinajstić information content (AvgIpc) is 2.82. The van der Waals surface area contributed by atoms with E-state index in [4.69, 9.17) is 23.7 Å². The maximum atomic E-state index is 10.3. The minimum atomic E-state index is -1.63. The van der Waals surface area contributed by atoms with Crippen LogP contribution in [0.25, 0.3) is 0 Å². The van der Waals surface area contributed by atoms with Crippen LogP contribution in [0.1, 0.15) is 12.5 Å². The largest absolute Gasteiger partial charge is 0.494 e. The molecule has 0 aliphatic carbocycles. The summed E-state index contributed by atoms with van der Waals surface area (Å²) in [4.78, 5) is 0. The van der Waals surface area contributed by atoms with Crippen molar-refractivity contribution in [3.8, 4) is 5.75 Å². The molecule has 2 heterocycles. The van der Waals surface area contributed by atoms with Gasteiger partial charge in [-0.25, -0.2) is 0 Å². The quantitative estimate of drug-likeness (QED) is 0.195. The Morgan fingerprint density at radius 1 is 0.727 bits per heavy atom. The van der Waals surface area contributed by atoms with Crippen LogP contribution in [0.15, 0.2) is 24.3 Å². The molecule has 1 aromatic carbocycles. The van der Waals surface area contributed by atoms with Crippen molar-refractivity contribution in [2.45, 2.75) is 74.9 Å². The Labute approximate surface area is 190 Å². The number of hydrogen-bond acceptors (Lipinski definition) is 12. The topological polar surface area (TPSA) is 188 Å². The highest BCUT2D eigenvalue weighted by molar-refractivity contribution is 5.26. The summed E-state index contributed by atoms with van der Waals surface area (Å²) in [7, 11) is 0. The molecule has 0 bridgehead atoms. The monoisotopic (exact) mass is 476 g/mol. The van der Waals surface area contributed by atoms with Gasteiger partial charge >= 0.3 is 0 Å². The minimum Gasteiger partial charge on any atom is -0.494 e. The molecule has 2 fully saturated rings. The first kappa shape index (κ1) is 26.2. The van der Waals surface area contributed by atoms with Crippen LogP contribution in [-0.2, 0) is 25.6 Å². The number of ether oxygens (including phenoxy) is 5. The maximum Gasteiger partial charge on any atom is 0.187 e. The zero-order chi connectivity index (χ0) is 24.1. The van der Waals surface area contributed by atoms with Gasteiger partial charge < -0.3 is 59.4 Å². The molecule has 10 atom stereocenters. The van der Waals surface area contributed by atoms with Crippen molar-refractivity contribution in [1.82, 2.24) is 0 Å². The fourth-order valence-electron chi connectivity index (χ4n) is 3.61. The fourth-order valence-corrected chi connectivity index (χ4v) is 3.61. The van der Waals surface area contributed by atoms with Crippen molar-refractivity contribution in [2.75, 3.05) is 19.8 Å². The lowest BCUT2D eigenvalue weighted by atomic mass is 9.98. The van der Waals surface area contributed by atoms with Crippen molar-refractivity contribution in [2.24, 2.45) is 0 Å². The summed E-state index contributed by atoms with van der Waals surface area (Å²) in [5.41, 5.74) is 0.754. The summed E-state index contributed by atoms with van der Waals surface area (Å²) >= 11 is 0. The van der Waals surface area contributed by atoms with Crippen LogP contribution in [0.5, 0.6) is 5.75 Å². The Kier molecular flexibility index (Phi) is 9.38. The van der Waals surface area contributed by atoms with E-state index in [1.807, 2.05) is 6.92 Å². The summed E-state index contributed by atoms with van der Waals surface area (Å²) in [6.07, 6.45) is -14.6. The van der Waals surface area contributed by atoms with Crippen LogP contribution in [0, 0.1) is 0 Å². The van der Waals surface area contributed by atoms with Crippen molar-refractivity contribution < 1.29 is 59.4 Å². The van der Waals surface area contributed by atoms with E-state index in [2.05, 4.69) is 0 Å². The minimum absolute atomic E-state index is 0.0389. The second kappa shape index (κ2) is 11.8. The first-order valence-corrected chi connectivity index (χ1v) is 10.7. The molecule has 1 aromatic rings. The van der Waals surface area contributed by atoms with Crippen molar-refractivity contribution in [3.63, 3.8) is 0 Å². The number of benzene rings is 1. The lowest BCUT2D eigenvalue weighted by Gasteiger charge is -2.42. The standard InChI is InChI=1S/C21H32O12/c1-2-29-11-5-3-10(4-6-11)8-30-20-19(28)17(26)15(24)13(33-20)9-31-21-18(27)16(25)14(23)12(7-22)32-21/h3-6,12-28H,2,7-9H2,1H3/t12-,13-,14-,15-,16+,17+,18-,19-,20-,21-/m1/s1. The SMILES string of the molecule is CCOc1ccc(CO[C@@H]2O[C@H](CO[C@@H]3O[C@H](CO)[C@@H](O)[C@H](O)[C@H]3O)[C@@H](O)[C@H](O)[C@H]2O)cc1. The Hall–Kier alpha value is -1.42. The first-order valence-electron chi connectivity index (χ1n) is 10.7. The van der Waals surface area contributed by atoms with Gasteiger partial charge in [0.1, 0.15) is 54.6 Å². The molecule has 0 amide bonds. The van der Waals surface area contributed by atoms with E-state index in [1.54, 1.807) is 24.3 Å². The normalized spacial score (nSPS) is 39.4. The highest BCUT2D eigenvalue weighted by atomic mass is 16.7. The zero-order valence-corrected chi connectivity index (χ0v) is 18.1. The van der Waals surface area contributed by atoms with Gasteiger partial charge in [0.25, 0.3) is 0 Å². The molecule has 7 N–H and O–H groups in total. The van der Waals surface area contributed by atoms with Crippen LogP contribution in [-0.4, -0.2) is 117 Å².